The molecule has 2 heteroatoms. The van der Waals surface area contributed by atoms with Crippen molar-refractivity contribution in [3.05, 3.63) is 40.5 Å². The maximum absolute atomic E-state index is 11.2. The minimum Gasteiger partial charge on any atom is -0.478 e. The predicted octanol–water partition coefficient (Wildman–Crippen LogP) is 3.05. The fourth-order valence-corrected chi connectivity index (χ4v) is 2.26. The number of carbonyl (C=O) groups is 1. The second-order valence-corrected chi connectivity index (χ2v) is 4.49. The number of carboxylic acid groups (broad SMARTS) is 1. The monoisotopic (exact) mass is 216 g/mol. The highest BCUT2D eigenvalue weighted by molar-refractivity contribution is 5.93. The number of aliphatic carboxylic acids is 1. The summed E-state index contributed by atoms with van der Waals surface area (Å²) in [5, 5.41) is 9.18. The largest absolute Gasteiger partial charge is 0.478 e. The first-order valence-electron chi connectivity index (χ1n) is 5.63. The molecule has 0 fully saturated rings. The average Bonchev–Trinajstić information content (AvgIpc) is 2.39. The maximum Gasteiger partial charge on any atom is 0.331 e. The Morgan fingerprint density at radius 1 is 1.44 bits per heavy atom. The summed E-state index contributed by atoms with van der Waals surface area (Å²) in [5.74, 6) is -0.659. The van der Waals surface area contributed by atoms with E-state index in [1.54, 1.807) is 0 Å². The summed E-state index contributed by atoms with van der Waals surface area (Å²) in [4.78, 5) is 11.2. The molecule has 1 atom stereocenters. The smallest absolute Gasteiger partial charge is 0.331 e. The molecule has 2 nitrogen and oxygen atoms in total. The maximum atomic E-state index is 11.2. The van der Waals surface area contributed by atoms with E-state index in [4.69, 9.17) is 0 Å². The van der Waals surface area contributed by atoms with Crippen LogP contribution in [0.1, 0.15) is 30.0 Å². The quantitative estimate of drug-likeness (QED) is 0.783. The first-order valence-corrected chi connectivity index (χ1v) is 5.63. The van der Waals surface area contributed by atoms with Gasteiger partial charge in [-0.25, -0.2) is 4.79 Å². The molecule has 0 amide bonds. The highest BCUT2D eigenvalue weighted by atomic mass is 16.4. The summed E-state index contributed by atoms with van der Waals surface area (Å²) in [6, 6.07) is 6.17. The number of benzene rings is 1. The molecule has 0 heterocycles. The summed E-state index contributed by atoms with van der Waals surface area (Å²) in [5.41, 5.74) is 4.06. The number of rotatable bonds is 1. The van der Waals surface area contributed by atoms with Crippen molar-refractivity contribution in [2.75, 3.05) is 0 Å². The lowest BCUT2D eigenvalue weighted by Gasteiger charge is -2.08. The average molecular weight is 216 g/mol. The van der Waals surface area contributed by atoms with E-state index >= 15 is 0 Å². The second-order valence-electron chi connectivity index (χ2n) is 4.49. The minimum absolute atomic E-state index is 0.129. The number of fused-ring (bicyclic) bond motifs is 1. The van der Waals surface area contributed by atoms with Gasteiger partial charge in [0, 0.05) is 5.57 Å². The Kier molecular flexibility index (Phi) is 2.82. The van der Waals surface area contributed by atoms with Gasteiger partial charge in [-0.1, -0.05) is 25.1 Å². The van der Waals surface area contributed by atoms with Gasteiger partial charge in [0.05, 0.1) is 0 Å². The van der Waals surface area contributed by atoms with Gasteiger partial charge in [-0.3, -0.25) is 0 Å². The molecule has 0 aromatic heterocycles. The van der Waals surface area contributed by atoms with Crippen LogP contribution in [-0.2, 0) is 11.2 Å². The molecule has 1 aliphatic carbocycles. The molecule has 84 valence electrons. The van der Waals surface area contributed by atoms with E-state index in [9.17, 15) is 9.90 Å². The zero-order valence-electron chi connectivity index (χ0n) is 9.66. The number of aryl methyl sites for hydroxylation is 2. The van der Waals surface area contributed by atoms with Crippen LogP contribution >= 0.6 is 0 Å². The molecule has 2 rings (SSSR count). The summed E-state index contributed by atoms with van der Waals surface area (Å²) >= 11 is 0. The van der Waals surface area contributed by atoms with Gasteiger partial charge in [0.1, 0.15) is 0 Å². The first-order chi connectivity index (χ1) is 7.59. The Morgan fingerprint density at radius 2 is 2.19 bits per heavy atom. The SMILES string of the molecule is Cc1cccc2c1C=C(C(=O)O)C(C)CC2. The third-order valence-corrected chi connectivity index (χ3v) is 3.34. The van der Waals surface area contributed by atoms with Crippen molar-refractivity contribution in [3.8, 4) is 0 Å². The van der Waals surface area contributed by atoms with Gasteiger partial charge in [0.25, 0.3) is 0 Å². The van der Waals surface area contributed by atoms with Gasteiger partial charge in [-0.05, 0) is 48.4 Å². The van der Waals surface area contributed by atoms with Gasteiger partial charge in [-0.2, -0.15) is 0 Å². The van der Waals surface area contributed by atoms with Crippen molar-refractivity contribution in [3.63, 3.8) is 0 Å². The lowest BCUT2D eigenvalue weighted by Crippen LogP contribution is -2.08. The molecule has 1 aromatic carbocycles. The standard InChI is InChI=1S/C14H16O2/c1-9-4-3-5-11-7-6-10(2)13(14(15)16)8-12(9)11/h3-5,8,10H,6-7H2,1-2H3,(H,15,16). The van der Waals surface area contributed by atoms with Gasteiger partial charge in [0.15, 0.2) is 0 Å². The number of hydrogen-bond donors (Lipinski definition) is 1. The van der Waals surface area contributed by atoms with Crippen molar-refractivity contribution in [2.24, 2.45) is 5.92 Å². The molecular formula is C14H16O2. The van der Waals surface area contributed by atoms with E-state index in [-0.39, 0.29) is 5.92 Å². The van der Waals surface area contributed by atoms with Crippen LogP contribution in [0.5, 0.6) is 0 Å². The highest BCUT2D eigenvalue weighted by Crippen LogP contribution is 2.29. The van der Waals surface area contributed by atoms with Crippen LogP contribution in [0.3, 0.4) is 0 Å². The Bertz CT molecular complexity index is 458. The van der Waals surface area contributed by atoms with Gasteiger partial charge < -0.3 is 5.11 Å². The van der Waals surface area contributed by atoms with Crippen molar-refractivity contribution >= 4 is 12.0 Å². The third-order valence-electron chi connectivity index (χ3n) is 3.34. The van der Waals surface area contributed by atoms with Crippen molar-refractivity contribution in [2.45, 2.75) is 26.7 Å². The van der Waals surface area contributed by atoms with Crippen LogP contribution in [0.4, 0.5) is 0 Å². The van der Waals surface area contributed by atoms with Gasteiger partial charge in [0.2, 0.25) is 0 Å². The number of hydrogen-bond acceptors (Lipinski definition) is 1. The Morgan fingerprint density at radius 3 is 2.88 bits per heavy atom. The highest BCUT2D eigenvalue weighted by Gasteiger charge is 2.20. The summed E-state index contributed by atoms with van der Waals surface area (Å²) in [7, 11) is 0. The first kappa shape index (κ1) is 10.9. The van der Waals surface area contributed by atoms with Crippen LogP contribution in [0.25, 0.3) is 6.08 Å². The van der Waals surface area contributed by atoms with E-state index in [2.05, 4.69) is 6.07 Å². The molecule has 1 N–H and O–H groups in total. The number of carboxylic acids is 1. The van der Waals surface area contributed by atoms with E-state index < -0.39 is 5.97 Å². The van der Waals surface area contributed by atoms with Gasteiger partial charge >= 0.3 is 5.97 Å². The molecule has 0 radical (unpaired) electrons. The molecule has 0 aliphatic heterocycles. The summed E-state index contributed by atoms with van der Waals surface area (Å²) in [6.07, 6.45) is 3.73. The van der Waals surface area contributed by atoms with Gasteiger partial charge in [-0.15, -0.1) is 0 Å². The molecule has 1 aromatic rings. The van der Waals surface area contributed by atoms with Crippen molar-refractivity contribution in [1.29, 1.82) is 0 Å². The lowest BCUT2D eigenvalue weighted by atomic mass is 9.97. The van der Waals surface area contributed by atoms with Crippen LogP contribution in [0, 0.1) is 12.8 Å². The van der Waals surface area contributed by atoms with Crippen LogP contribution in [0.15, 0.2) is 23.8 Å². The zero-order valence-corrected chi connectivity index (χ0v) is 9.66. The topological polar surface area (TPSA) is 37.3 Å². The van der Waals surface area contributed by atoms with E-state index in [0.717, 1.165) is 24.0 Å². The minimum atomic E-state index is -0.788. The fourth-order valence-electron chi connectivity index (χ4n) is 2.26. The van der Waals surface area contributed by atoms with E-state index in [0.29, 0.717) is 5.57 Å². The molecule has 0 saturated heterocycles. The normalized spacial score (nSPS) is 19.6. The Labute approximate surface area is 95.6 Å². The third kappa shape index (κ3) is 1.87. The molecule has 1 unspecified atom stereocenters. The Hall–Kier alpha value is -1.57. The van der Waals surface area contributed by atoms with Crippen molar-refractivity contribution in [1.82, 2.24) is 0 Å². The predicted molar refractivity (Wildman–Crippen MR) is 64.3 cm³/mol. The van der Waals surface area contributed by atoms with Crippen LogP contribution < -0.4 is 0 Å². The molecule has 0 bridgehead atoms. The Balaban J connectivity index is 2.57. The second kappa shape index (κ2) is 4.12. The lowest BCUT2D eigenvalue weighted by molar-refractivity contribution is -0.133. The summed E-state index contributed by atoms with van der Waals surface area (Å²) < 4.78 is 0. The molecular weight excluding hydrogens is 200 g/mol. The van der Waals surface area contributed by atoms with Crippen LogP contribution in [0.2, 0.25) is 0 Å². The zero-order chi connectivity index (χ0) is 11.7. The molecule has 16 heavy (non-hydrogen) atoms. The van der Waals surface area contributed by atoms with Crippen LogP contribution in [-0.4, -0.2) is 11.1 Å². The summed E-state index contributed by atoms with van der Waals surface area (Å²) in [6.45, 7) is 4.02. The molecule has 0 spiro atoms. The molecule has 0 saturated carbocycles. The fraction of sp³-hybridized carbons (Fsp3) is 0.357. The molecule has 1 aliphatic rings. The van der Waals surface area contributed by atoms with E-state index in [1.165, 1.54) is 5.56 Å². The van der Waals surface area contributed by atoms with Crippen molar-refractivity contribution < 1.29 is 9.90 Å². The van der Waals surface area contributed by atoms with E-state index in [1.807, 2.05) is 32.1 Å².